The molecule has 1 heterocycles. The molecule has 112 valence electrons. The third-order valence-corrected chi connectivity index (χ3v) is 4.26. The minimum atomic E-state index is 0.160. The lowest BCUT2D eigenvalue weighted by Gasteiger charge is -2.25. The van der Waals surface area contributed by atoms with Crippen molar-refractivity contribution in [2.45, 2.75) is 57.9 Å². The van der Waals surface area contributed by atoms with Gasteiger partial charge in [0.1, 0.15) is 0 Å². The molecule has 2 unspecified atom stereocenters. The molecule has 1 aromatic carbocycles. The van der Waals surface area contributed by atoms with Crippen LogP contribution in [0.2, 0.25) is 0 Å². The highest BCUT2D eigenvalue weighted by Gasteiger charge is 2.28. The first-order valence-corrected chi connectivity index (χ1v) is 7.77. The summed E-state index contributed by atoms with van der Waals surface area (Å²) in [5.41, 5.74) is 9.95. The number of aryl methyl sites for hydroxylation is 2. The summed E-state index contributed by atoms with van der Waals surface area (Å²) in [5.74, 6) is 1.72. The SMILES string of the molecule is Cc1cc(C)cc(Cc2noc(C3CCCCC3N)n2)c1. The molecule has 0 radical (unpaired) electrons. The van der Waals surface area contributed by atoms with Crippen LogP contribution >= 0.6 is 0 Å². The van der Waals surface area contributed by atoms with Crippen LogP contribution in [0.25, 0.3) is 0 Å². The predicted octanol–water partition coefficient (Wildman–Crippen LogP) is 3.26. The van der Waals surface area contributed by atoms with Gasteiger partial charge in [-0.3, -0.25) is 0 Å². The fraction of sp³-hybridized carbons (Fsp3) is 0.529. The number of nitrogens with two attached hydrogens (primary N) is 1. The Kier molecular flexibility index (Phi) is 4.06. The van der Waals surface area contributed by atoms with Crippen LogP contribution < -0.4 is 5.73 Å². The van der Waals surface area contributed by atoms with Crippen molar-refractivity contribution in [3.8, 4) is 0 Å². The van der Waals surface area contributed by atoms with E-state index in [0.29, 0.717) is 6.42 Å². The van der Waals surface area contributed by atoms with E-state index >= 15 is 0 Å². The van der Waals surface area contributed by atoms with E-state index in [1.54, 1.807) is 0 Å². The molecule has 0 amide bonds. The molecule has 0 aliphatic heterocycles. The van der Waals surface area contributed by atoms with Crippen molar-refractivity contribution < 1.29 is 4.52 Å². The second-order valence-electron chi connectivity index (χ2n) is 6.28. The largest absolute Gasteiger partial charge is 0.339 e. The van der Waals surface area contributed by atoms with Crippen LogP contribution in [0.3, 0.4) is 0 Å². The Hall–Kier alpha value is -1.68. The second-order valence-corrected chi connectivity index (χ2v) is 6.28. The van der Waals surface area contributed by atoms with Crippen LogP contribution in [0.5, 0.6) is 0 Å². The lowest BCUT2D eigenvalue weighted by molar-refractivity contribution is 0.289. The maximum Gasteiger partial charge on any atom is 0.231 e. The summed E-state index contributed by atoms with van der Waals surface area (Å²) < 4.78 is 5.47. The van der Waals surface area contributed by atoms with Crippen LogP contribution in [0, 0.1) is 13.8 Å². The standard InChI is InChI=1S/C17H23N3O/c1-11-7-12(2)9-13(8-11)10-16-19-17(21-20-16)14-5-3-4-6-15(14)18/h7-9,14-15H,3-6,10,18H2,1-2H3. The molecule has 21 heavy (non-hydrogen) atoms. The van der Waals surface area contributed by atoms with Crippen molar-refractivity contribution in [2.24, 2.45) is 5.73 Å². The molecule has 3 rings (SSSR count). The number of hydrogen-bond donors (Lipinski definition) is 1. The molecule has 1 fully saturated rings. The monoisotopic (exact) mass is 285 g/mol. The second kappa shape index (κ2) is 5.98. The first-order chi connectivity index (χ1) is 10.1. The molecule has 2 aromatic rings. The summed E-state index contributed by atoms with van der Waals surface area (Å²) in [4.78, 5) is 4.58. The highest BCUT2D eigenvalue weighted by atomic mass is 16.5. The van der Waals surface area contributed by atoms with Crippen LogP contribution in [-0.4, -0.2) is 16.2 Å². The fourth-order valence-corrected chi connectivity index (χ4v) is 3.31. The van der Waals surface area contributed by atoms with Gasteiger partial charge in [0.15, 0.2) is 5.82 Å². The molecule has 0 saturated heterocycles. The van der Waals surface area contributed by atoms with Gasteiger partial charge in [0, 0.05) is 12.5 Å². The van der Waals surface area contributed by atoms with E-state index in [2.05, 4.69) is 42.2 Å². The zero-order valence-electron chi connectivity index (χ0n) is 12.8. The number of benzene rings is 1. The summed E-state index contributed by atoms with van der Waals surface area (Å²) in [5, 5.41) is 4.14. The fourth-order valence-electron chi connectivity index (χ4n) is 3.31. The van der Waals surface area contributed by atoms with E-state index in [9.17, 15) is 0 Å². The highest BCUT2D eigenvalue weighted by Crippen LogP contribution is 2.31. The van der Waals surface area contributed by atoms with Gasteiger partial charge in [-0.2, -0.15) is 4.98 Å². The topological polar surface area (TPSA) is 64.9 Å². The van der Waals surface area contributed by atoms with Crippen molar-refractivity contribution in [1.29, 1.82) is 0 Å². The Labute approximate surface area is 125 Å². The summed E-state index contributed by atoms with van der Waals surface area (Å²) >= 11 is 0. The molecule has 4 nitrogen and oxygen atoms in total. The number of rotatable bonds is 3. The maximum atomic E-state index is 6.18. The van der Waals surface area contributed by atoms with Crippen LogP contribution in [-0.2, 0) is 6.42 Å². The van der Waals surface area contributed by atoms with Gasteiger partial charge in [-0.1, -0.05) is 47.3 Å². The molecule has 0 bridgehead atoms. The normalized spacial score (nSPS) is 22.4. The molecule has 1 aliphatic rings. The van der Waals surface area contributed by atoms with E-state index in [1.165, 1.54) is 29.5 Å². The molecular formula is C17H23N3O. The Balaban J connectivity index is 1.75. The van der Waals surface area contributed by atoms with Crippen molar-refractivity contribution >= 4 is 0 Å². The summed E-state index contributed by atoms with van der Waals surface area (Å²) in [7, 11) is 0. The van der Waals surface area contributed by atoms with E-state index in [0.717, 1.165) is 24.6 Å². The number of nitrogens with zero attached hydrogens (tertiary/aromatic N) is 2. The average molecular weight is 285 g/mol. The number of aromatic nitrogens is 2. The van der Waals surface area contributed by atoms with Crippen LogP contribution in [0.15, 0.2) is 22.7 Å². The molecular weight excluding hydrogens is 262 g/mol. The van der Waals surface area contributed by atoms with Crippen LogP contribution in [0.1, 0.15) is 60.0 Å². The minimum Gasteiger partial charge on any atom is -0.339 e. The smallest absolute Gasteiger partial charge is 0.231 e. The lowest BCUT2D eigenvalue weighted by atomic mass is 9.85. The summed E-state index contributed by atoms with van der Waals surface area (Å²) in [6.07, 6.45) is 5.24. The quantitative estimate of drug-likeness (QED) is 0.940. The average Bonchev–Trinajstić information content (AvgIpc) is 2.86. The number of hydrogen-bond acceptors (Lipinski definition) is 4. The first kappa shape index (κ1) is 14.3. The Morgan fingerprint density at radius 3 is 2.57 bits per heavy atom. The van der Waals surface area contributed by atoms with Crippen molar-refractivity contribution in [3.05, 3.63) is 46.6 Å². The van der Waals surface area contributed by atoms with Gasteiger partial charge in [0.25, 0.3) is 0 Å². The predicted molar refractivity (Wildman–Crippen MR) is 82.2 cm³/mol. The first-order valence-electron chi connectivity index (χ1n) is 7.77. The molecule has 1 aromatic heterocycles. The Morgan fingerprint density at radius 2 is 1.86 bits per heavy atom. The molecule has 0 spiro atoms. The molecule has 2 N–H and O–H groups in total. The van der Waals surface area contributed by atoms with Crippen molar-refractivity contribution in [2.75, 3.05) is 0 Å². The van der Waals surface area contributed by atoms with E-state index in [4.69, 9.17) is 10.3 Å². The Morgan fingerprint density at radius 1 is 1.14 bits per heavy atom. The van der Waals surface area contributed by atoms with E-state index in [-0.39, 0.29) is 12.0 Å². The third kappa shape index (κ3) is 3.32. The molecule has 1 aliphatic carbocycles. The zero-order valence-corrected chi connectivity index (χ0v) is 12.8. The van der Waals surface area contributed by atoms with Gasteiger partial charge in [-0.25, -0.2) is 0 Å². The maximum absolute atomic E-state index is 6.18. The van der Waals surface area contributed by atoms with Gasteiger partial charge in [0.05, 0.1) is 5.92 Å². The zero-order chi connectivity index (χ0) is 14.8. The molecule has 2 atom stereocenters. The molecule has 4 heteroatoms. The van der Waals surface area contributed by atoms with Crippen LogP contribution in [0.4, 0.5) is 0 Å². The van der Waals surface area contributed by atoms with Gasteiger partial charge in [-0.05, 0) is 32.3 Å². The van der Waals surface area contributed by atoms with Crippen molar-refractivity contribution in [3.63, 3.8) is 0 Å². The Bertz CT molecular complexity index is 600. The highest BCUT2D eigenvalue weighted by molar-refractivity contribution is 5.30. The van der Waals surface area contributed by atoms with Gasteiger partial charge in [0.2, 0.25) is 5.89 Å². The van der Waals surface area contributed by atoms with Gasteiger partial charge in [-0.15, -0.1) is 0 Å². The van der Waals surface area contributed by atoms with Crippen molar-refractivity contribution in [1.82, 2.24) is 10.1 Å². The third-order valence-electron chi connectivity index (χ3n) is 4.26. The van der Waals surface area contributed by atoms with Gasteiger partial charge < -0.3 is 10.3 Å². The molecule has 1 saturated carbocycles. The summed E-state index contributed by atoms with van der Waals surface area (Å²) in [6.45, 7) is 4.22. The van der Waals surface area contributed by atoms with E-state index in [1.807, 2.05) is 0 Å². The summed E-state index contributed by atoms with van der Waals surface area (Å²) in [6, 6.07) is 6.69. The van der Waals surface area contributed by atoms with Gasteiger partial charge >= 0.3 is 0 Å². The minimum absolute atomic E-state index is 0.160. The lowest BCUT2D eigenvalue weighted by Crippen LogP contribution is -2.31. The van der Waals surface area contributed by atoms with E-state index < -0.39 is 0 Å².